The first-order valence-electron chi connectivity index (χ1n) is 4.98. The van der Waals surface area contributed by atoms with Gasteiger partial charge < -0.3 is 9.84 Å². The van der Waals surface area contributed by atoms with E-state index in [1.54, 1.807) is 0 Å². The van der Waals surface area contributed by atoms with Crippen molar-refractivity contribution in [1.82, 2.24) is 9.97 Å². The van der Waals surface area contributed by atoms with Gasteiger partial charge in [-0.05, 0) is 25.7 Å². The summed E-state index contributed by atoms with van der Waals surface area (Å²) in [5.74, 6) is -1.03. The van der Waals surface area contributed by atoms with Gasteiger partial charge in [-0.1, -0.05) is 0 Å². The molecule has 5 heteroatoms. The maximum absolute atomic E-state index is 10.5. The molecule has 5 nitrogen and oxygen atoms in total. The molecule has 2 rings (SSSR count). The summed E-state index contributed by atoms with van der Waals surface area (Å²) in [6, 6.07) is 0.270. The molecule has 0 bridgehead atoms. The molecule has 0 radical (unpaired) electrons. The van der Waals surface area contributed by atoms with Gasteiger partial charge >= 0.3 is 12.0 Å². The Balaban J connectivity index is 2.00. The smallest absolute Gasteiger partial charge is 0.338 e. The lowest BCUT2D eigenvalue weighted by atomic mass is 10.3. The highest BCUT2D eigenvalue weighted by Crippen LogP contribution is 2.21. The van der Waals surface area contributed by atoms with Gasteiger partial charge in [0.15, 0.2) is 0 Å². The number of rotatable bonds is 3. The summed E-state index contributed by atoms with van der Waals surface area (Å²) in [5, 5.41) is 8.64. The minimum Gasteiger partial charge on any atom is -0.478 e. The maximum Gasteiger partial charge on any atom is 0.338 e. The molecule has 0 aromatic carbocycles. The van der Waals surface area contributed by atoms with Crippen molar-refractivity contribution in [2.24, 2.45) is 0 Å². The summed E-state index contributed by atoms with van der Waals surface area (Å²) in [7, 11) is 0. The first kappa shape index (κ1) is 9.89. The lowest BCUT2D eigenvalue weighted by Crippen LogP contribution is -2.13. The quantitative estimate of drug-likeness (QED) is 0.814. The van der Waals surface area contributed by atoms with Crippen molar-refractivity contribution in [3.05, 3.63) is 18.0 Å². The third-order valence-corrected chi connectivity index (χ3v) is 2.45. The Hall–Kier alpha value is -1.65. The van der Waals surface area contributed by atoms with Gasteiger partial charge in [0.1, 0.15) is 6.10 Å². The van der Waals surface area contributed by atoms with Crippen molar-refractivity contribution in [3.63, 3.8) is 0 Å². The molecule has 1 N–H and O–H groups in total. The number of aromatic nitrogens is 2. The number of hydrogen-bond donors (Lipinski definition) is 1. The highest BCUT2D eigenvalue weighted by molar-refractivity contribution is 5.86. The molecule has 1 saturated carbocycles. The average Bonchev–Trinajstić information content (AvgIpc) is 2.71. The molecule has 1 aliphatic carbocycles. The fourth-order valence-corrected chi connectivity index (χ4v) is 1.64. The molecule has 0 unspecified atom stereocenters. The van der Waals surface area contributed by atoms with E-state index in [1.807, 2.05) is 0 Å². The van der Waals surface area contributed by atoms with Crippen LogP contribution in [0.3, 0.4) is 0 Å². The Kier molecular flexibility index (Phi) is 2.80. The topological polar surface area (TPSA) is 72.3 Å². The summed E-state index contributed by atoms with van der Waals surface area (Å²) in [6.07, 6.45) is 7.14. The van der Waals surface area contributed by atoms with Gasteiger partial charge in [0, 0.05) is 12.4 Å². The van der Waals surface area contributed by atoms with Crippen molar-refractivity contribution >= 4 is 5.97 Å². The van der Waals surface area contributed by atoms with E-state index in [0.717, 1.165) is 12.8 Å². The predicted octanol–water partition coefficient (Wildman–Crippen LogP) is 1.50. The van der Waals surface area contributed by atoms with Crippen LogP contribution in [0.2, 0.25) is 0 Å². The van der Waals surface area contributed by atoms with Crippen molar-refractivity contribution in [1.29, 1.82) is 0 Å². The van der Waals surface area contributed by atoms with Crippen LogP contribution in [0.4, 0.5) is 0 Å². The van der Waals surface area contributed by atoms with Crippen LogP contribution in [0, 0.1) is 0 Å². The van der Waals surface area contributed by atoms with Gasteiger partial charge in [0.05, 0.1) is 5.56 Å². The summed E-state index contributed by atoms with van der Waals surface area (Å²) in [5.41, 5.74) is 0.0776. The van der Waals surface area contributed by atoms with E-state index < -0.39 is 5.97 Å². The number of carbonyl (C=O) groups is 1. The van der Waals surface area contributed by atoms with E-state index in [9.17, 15) is 4.79 Å². The van der Waals surface area contributed by atoms with Gasteiger partial charge in [0.25, 0.3) is 0 Å². The Bertz CT molecular complexity index is 344. The molecule has 0 spiro atoms. The van der Waals surface area contributed by atoms with Gasteiger partial charge in [-0.25, -0.2) is 14.8 Å². The van der Waals surface area contributed by atoms with E-state index in [1.165, 1.54) is 25.2 Å². The fraction of sp³-hybridized carbons (Fsp3) is 0.500. The van der Waals surface area contributed by atoms with Crippen LogP contribution in [0.15, 0.2) is 12.4 Å². The van der Waals surface area contributed by atoms with E-state index in [0.29, 0.717) is 0 Å². The molecule has 1 fully saturated rings. The molecule has 1 heterocycles. The van der Waals surface area contributed by atoms with Gasteiger partial charge in [-0.15, -0.1) is 0 Å². The van der Waals surface area contributed by atoms with Crippen LogP contribution in [-0.4, -0.2) is 27.1 Å². The van der Waals surface area contributed by atoms with Crippen LogP contribution in [0.5, 0.6) is 6.01 Å². The van der Waals surface area contributed by atoms with Gasteiger partial charge in [-0.3, -0.25) is 0 Å². The summed E-state index contributed by atoms with van der Waals surface area (Å²) in [4.78, 5) is 18.2. The Labute approximate surface area is 87.1 Å². The fourth-order valence-electron chi connectivity index (χ4n) is 1.64. The van der Waals surface area contributed by atoms with E-state index in [2.05, 4.69) is 9.97 Å². The maximum atomic E-state index is 10.5. The van der Waals surface area contributed by atoms with Crippen molar-refractivity contribution in [3.8, 4) is 6.01 Å². The zero-order valence-electron chi connectivity index (χ0n) is 8.22. The zero-order valence-corrected chi connectivity index (χ0v) is 8.22. The number of ether oxygens (including phenoxy) is 1. The third kappa shape index (κ3) is 2.43. The lowest BCUT2D eigenvalue weighted by molar-refractivity contribution is 0.0695. The molecule has 0 saturated heterocycles. The monoisotopic (exact) mass is 208 g/mol. The second kappa shape index (κ2) is 4.25. The average molecular weight is 208 g/mol. The first-order chi connectivity index (χ1) is 7.25. The Morgan fingerprint density at radius 1 is 1.33 bits per heavy atom. The largest absolute Gasteiger partial charge is 0.478 e. The highest BCUT2D eigenvalue weighted by atomic mass is 16.5. The molecule has 0 aliphatic heterocycles. The number of carboxylic acid groups (broad SMARTS) is 1. The SMILES string of the molecule is O=C(O)c1cnc(OC2CCCC2)nc1. The molecular weight excluding hydrogens is 196 g/mol. The predicted molar refractivity (Wildman–Crippen MR) is 51.9 cm³/mol. The molecule has 1 aromatic rings. The molecular formula is C10H12N2O3. The Morgan fingerprint density at radius 3 is 2.47 bits per heavy atom. The number of carboxylic acids is 1. The van der Waals surface area contributed by atoms with Gasteiger partial charge in [0.2, 0.25) is 0 Å². The van der Waals surface area contributed by atoms with Crippen molar-refractivity contribution in [2.45, 2.75) is 31.8 Å². The normalized spacial score (nSPS) is 16.5. The van der Waals surface area contributed by atoms with Crippen LogP contribution >= 0.6 is 0 Å². The molecule has 0 atom stereocenters. The van der Waals surface area contributed by atoms with Crippen molar-refractivity contribution in [2.75, 3.05) is 0 Å². The third-order valence-electron chi connectivity index (χ3n) is 2.45. The zero-order chi connectivity index (χ0) is 10.7. The standard InChI is InChI=1S/C10H12N2O3/c13-9(14)7-5-11-10(12-6-7)15-8-3-1-2-4-8/h5-6,8H,1-4H2,(H,13,14). The van der Waals surface area contributed by atoms with E-state index in [4.69, 9.17) is 9.84 Å². The summed E-state index contributed by atoms with van der Waals surface area (Å²) < 4.78 is 5.49. The molecule has 80 valence electrons. The number of aromatic carboxylic acids is 1. The van der Waals surface area contributed by atoms with E-state index >= 15 is 0 Å². The summed E-state index contributed by atoms with van der Waals surface area (Å²) in [6.45, 7) is 0. The number of nitrogens with zero attached hydrogens (tertiary/aromatic N) is 2. The van der Waals surface area contributed by atoms with Gasteiger partial charge in [-0.2, -0.15) is 0 Å². The molecule has 15 heavy (non-hydrogen) atoms. The molecule has 1 aromatic heterocycles. The van der Waals surface area contributed by atoms with Crippen LogP contribution in [0.25, 0.3) is 0 Å². The van der Waals surface area contributed by atoms with E-state index in [-0.39, 0.29) is 17.7 Å². The summed E-state index contributed by atoms with van der Waals surface area (Å²) >= 11 is 0. The minimum absolute atomic E-state index is 0.0776. The Morgan fingerprint density at radius 2 is 1.93 bits per heavy atom. The highest BCUT2D eigenvalue weighted by Gasteiger charge is 2.17. The minimum atomic E-state index is -1.03. The lowest BCUT2D eigenvalue weighted by Gasteiger charge is -2.10. The number of hydrogen-bond acceptors (Lipinski definition) is 4. The second-order valence-electron chi connectivity index (χ2n) is 3.58. The first-order valence-corrected chi connectivity index (χ1v) is 4.98. The second-order valence-corrected chi connectivity index (χ2v) is 3.58. The van der Waals surface area contributed by atoms with Crippen LogP contribution in [0.1, 0.15) is 36.0 Å². The van der Waals surface area contributed by atoms with Crippen LogP contribution in [-0.2, 0) is 0 Å². The molecule has 0 amide bonds. The van der Waals surface area contributed by atoms with Crippen molar-refractivity contribution < 1.29 is 14.6 Å². The van der Waals surface area contributed by atoms with Crippen LogP contribution < -0.4 is 4.74 Å². The molecule has 1 aliphatic rings.